The molecule has 3 aromatic rings. The molecule has 1 unspecified atom stereocenters. The van der Waals surface area contributed by atoms with Gasteiger partial charge in [-0.3, -0.25) is 22.7 Å². The zero-order chi connectivity index (χ0) is 43.6. The van der Waals surface area contributed by atoms with E-state index in [0.717, 1.165) is 30.3 Å². The number of fused-ring (bicyclic) bond motifs is 1. The summed E-state index contributed by atoms with van der Waals surface area (Å²) >= 11 is 0. The second kappa shape index (κ2) is 18.4. The highest BCUT2D eigenvalue weighted by molar-refractivity contribution is 7.47. The van der Waals surface area contributed by atoms with Crippen molar-refractivity contribution in [1.29, 1.82) is 0 Å². The van der Waals surface area contributed by atoms with E-state index < -0.39 is 101 Å². The second-order valence-electron chi connectivity index (χ2n) is 15.2. The molecular formula is C32H48N10O16P2. The number of hydrogen-bond acceptors (Lipinski definition) is 20. The van der Waals surface area contributed by atoms with Crippen LogP contribution in [0.15, 0.2) is 29.7 Å². The zero-order valence-corrected chi connectivity index (χ0v) is 34.4. The van der Waals surface area contributed by atoms with Crippen LogP contribution < -0.4 is 27.8 Å². The highest BCUT2D eigenvalue weighted by Crippen LogP contribution is 2.50. The molecule has 0 aliphatic carbocycles. The number of nitrogens with two attached hydrogens (primary N) is 2. The lowest BCUT2D eigenvalue weighted by Crippen LogP contribution is -2.48. The van der Waals surface area contributed by atoms with E-state index in [1.54, 1.807) is 20.8 Å². The topological polar surface area (TPSA) is 368 Å². The number of alkyl carbamates (subject to hydrolysis) is 1. The Morgan fingerprint density at radius 1 is 1.08 bits per heavy atom. The number of phosphoric acid groups is 2. The monoisotopic (exact) mass is 890 g/mol. The van der Waals surface area contributed by atoms with Gasteiger partial charge in [-0.2, -0.15) is 4.98 Å². The molecule has 3 fully saturated rings. The molecule has 3 aliphatic heterocycles. The molecule has 60 heavy (non-hydrogen) atoms. The lowest BCUT2D eigenvalue weighted by atomic mass is 10.0. The van der Waals surface area contributed by atoms with E-state index in [1.807, 2.05) is 0 Å². The van der Waals surface area contributed by atoms with E-state index in [2.05, 4.69) is 35.1 Å². The van der Waals surface area contributed by atoms with Gasteiger partial charge in [0.1, 0.15) is 59.9 Å². The number of anilines is 2. The minimum absolute atomic E-state index is 0.0143. The first-order chi connectivity index (χ1) is 28.2. The quantitative estimate of drug-likeness (QED) is 0.0678. The average Bonchev–Trinajstić information content (AvgIpc) is 3.95. The fourth-order valence-corrected chi connectivity index (χ4v) is 8.19. The van der Waals surface area contributed by atoms with Crippen molar-refractivity contribution in [1.82, 2.24) is 39.7 Å². The van der Waals surface area contributed by atoms with E-state index >= 15 is 0 Å². The molecule has 0 aromatic carbocycles. The first-order valence-electron chi connectivity index (χ1n) is 18.7. The number of amides is 1. The maximum Gasteiger partial charge on any atom is 0.472 e. The van der Waals surface area contributed by atoms with E-state index in [-0.39, 0.29) is 41.7 Å². The summed E-state index contributed by atoms with van der Waals surface area (Å²) in [6.45, 7) is 4.02. The van der Waals surface area contributed by atoms with E-state index in [9.17, 15) is 43.3 Å². The van der Waals surface area contributed by atoms with Crippen LogP contribution in [-0.2, 0) is 46.4 Å². The highest BCUT2D eigenvalue weighted by Gasteiger charge is 2.50. The van der Waals surface area contributed by atoms with E-state index in [0.29, 0.717) is 6.42 Å². The van der Waals surface area contributed by atoms with Crippen LogP contribution in [0.4, 0.5) is 16.4 Å². The zero-order valence-electron chi connectivity index (χ0n) is 32.6. The Morgan fingerprint density at radius 3 is 2.52 bits per heavy atom. The van der Waals surface area contributed by atoms with Gasteiger partial charge in [-0.05, 0) is 59.1 Å². The molecule has 0 bridgehead atoms. The summed E-state index contributed by atoms with van der Waals surface area (Å²) in [6.07, 6.45) is -5.61. The molecule has 3 aliphatic rings. The number of ether oxygens (including phenoxy) is 4. The summed E-state index contributed by atoms with van der Waals surface area (Å²) in [5, 5.41) is 17.5. The van der Waals surface area contributed by atoms with Gasteiger partial charge in [0.2, 0.25) is 0 Å². The standard InChI is InChI=1S/C32H48N10O16P2/c1-32(2,3)57-31(46)39-17(7-6-16-5-4-9-35-16)29(44)56-25-20(55-28(24(25)43)42-15-38-23-26(34)36-14-37-27(23)42)13-53-60(50,51)58-18-11-22(41-10-8-21(33)40-30(41)45)54-19(18)12-52-59(47,48)49/h8,10,14-20,22,24-25,28,35,43H,4-7,9,11-13H2,1-3H3,(H,39,46)(H,50,51)(H2,33,40,45)(H2,34,36,37)(H2,47,48,49)/t16-,17+,18+,19-,20-,22-,24-,25-,28-/m1/s1. The van der Waals surface area contributed by atoms with Crippen molar-refractivity contribution >= 4 is 50.5 Å². The molecule has 3 aromatic heterocycles. The van der Waals surface area contributed by atoms with Gasteiger partial charge in [0.15, 0.2) is 23.8 Å². The smallest absolute Gasteiger partial charge is 0.455 e. The van der Waals surface area contributed by atoms with Crippen molar-refractivity contribution in [3.8, 4) is 0 Å². The van der Waals surface area contributed by atoms with Gasteiger partial charge in [0.05, 0.1) is 19.5 Å². The summed E-state index contributed by atoms with van der Waals surface area (Å²) in [5.41, 5.74) is 10.0. The molecule has 6 rings (SSSR count). The Labute approximate surface area is 341 Å². The van der Waals surface area contributed by atoms with Gasteiger partial charge in [0.25, 0.3) is 0 Å². The first kappa shape index (κ1) is 45.4. The van der Waals surface area contributed by atoms with Crippen LogP contribution >= 0.6 is 15.6 Å². The largest absolute Gasteiger partial charge is 0.472 e. The molecule has 0 spiro atoms. The Bertz CT molecular complexity index is 2160. The molecule has 10 N–H and O–H groups in total. The van der Waals surface area contributed by atoms with Gasteiger partial charge < -0.3 is 60.8 Å². The maximum atomic E-state index is 13.9. The number of aliphatic hydroxyl groups is 1. The molecule has 6 heterocycles. The lowest BCUT2D eigenvalue weighted by molar-refractivity contribution is -0.159. The number of carbonyl (C=O) groups is 2. The van der Waals surface area contributed by atoms with Crippen molar-refractivity contribution in [2.45, 2.75) is 114 Å². The summed E-state index contributed by atoms with van der Waals surface area (Å²) in [4.78, 5) is 84.7. The summed E-state index contributed by atoms with van der Waals surface area (Å²) in [7, 11) is -10.3. The molecule has 1 amide bonds. The minimum atomic E-state index is -5.21. The van der Waals surface area contributed by atoms with Gasteiger partial charge >= 0.3 is 33.4 Å². The number of esters is 1. The number of phosphoric ester groups is 2. The first-order valence-corrected chi connectivity index (χ1v) is 21.7. The highest BCUT2D eigenvalue weighted by atomic mass is 31.2. The number of aliphatic hydroxyl groups excluding tert-OH is 1. The lowest BCUT2D eigenvalue weighted by Gasteiger charge is -2.27. The van der Waals surface area contributed by atoms with Crippen LogP contribution in [0.1, 0.15) is 65.3 Å². The SMILES string of the molecule is CC(C)(C)OC(=O)N[C@@H](CC[C@H]1CCCN1)C(=O)O[C@H]1[C@@H](O)[C@H](n2cnc3c(N)ncnc32)O[C@@H]1COP(=O)(O)O[C@H]1C[C@H](n2ccc(N)nc2=O)O[C@@H]1COP(=O)(O)O. The Kier molecular flexibility index (Phi) is 13.9. The molecule has 10 atom stereocenters. The van der Waals surface area contributed by atoms with Crippen LogP contribution in [-0.4, -0.2) is 129 Å². The molecule has 0 saturated carbocycles. The predicted molar refractivity (Wildman–Crippen MR) is 203 cm³/mol. The van der Waals surface area contributed by atoms with E-state index in [1.165, 1.54) is 23.2 Å². The van der Waals surface area contributed by atoms with E-state index in [4.69, 9.17) is 39.5 Å². The summed E-state index contributed by atoms with van der Waals surface area (Å²) in [5.74, 6) is -1.07. The molecule has 332 valence electrons. The number of imidazole rings is 1. The van der Waals surface area contributed by atoms with Crippen LogP contribution in [0.2, 0.25) is 0 Å². The second-order valence-corrected chi connectivity index (χ2v) is 17.9. The third-order valence-electron chi connectivity index (χ3n) is 9.58. The molecule has 26 nitrogen and oxygen atoms in total. The van der Waals surface area contributed by atoms with Crippen LogP contribution in [0, 0.1) is 0 Å². The average molecular weight is 891 g/mol. The molecule has 0 radical (unpaired) electrons. The number of nitrogens with one attached hydrogen (secondary N) is 2. The summed E-state index contributed by atoms with van der Waals surface area (Å²) in [6, 6.07) is 0.0846. The van der Waals surface area contributed by atoms with Crippen molar-refractivity contribution < 1.29 is 71.0 Å². The van der Waals surface area contributed by atoms with Crippen molar-refractivity contribution in [2.75, 3.05) is 31.2 Å². The summed E-state index contributed by atoms with van der Waals surface area (Å²) < 4.78 is 65.6. The van der Waals surface area contributed by atoms with Gasteiger partial charge in [-0.1, -0.05) is 0 Å². The number of nitrogens with zero attached hydrogens (tertiary/aromatic N) is 6. The number of hydrogen-bond donors (Lipinski definition) is 8. The van der Waals surface area contributed by atoms with Crippen molar-refractivity contribution in [3.63, 3.8) is 0 Å². The molecule has 28 heteroatoms. The Morgan fingerprint density at radius 2 is 1.83 bits per heavy atom. The predicted octanol–water partition coefficient (Wildman–Crippen LogP) is -0.258. The fourth-order valence-electron chi connectivity index (χ4n) is 6.89. The van der Waals surface area contributed by atoms with Crippen LogP contribution in [0.3, 0.4) is 0 Å². The van der Waals surface area contributed by atoms with Crippen LogP contribution in [0.5, 0.6) is 0 Å². The third-order valence-corrected chi connectivity index (χ3v) is 11.1. The third kappa shape index (κ3) is 11.6. The molecular weight excluding hydrogens is 842 g/mol. The minimum Gasteiger partial charge on any atom is -0.455 e. The number of carbonyl (C=O) groups excluding carboxylic acids is 2. The fraction of sp³-hybridized carbons (Fsp3) is 0.656. The van der Waals surface area contributed by atoms with Gasteiger partial charge in [0, 0.05) is 18.7 Å². The number of aromatic nitrogens is 6. The number of nitrogen functional groups attached to an aromatic ring is 2. The van der Waals surface area contributed by atoms with Crippen LogP contribution in [0.25, 0.3) is 11.2 Å². The normalized spacial score (nSPS) is 27.4. The van der Waals surface area contributed by atoms with Crippen molar-refractivity contribution in [2.24, 2.45) is 0 Å². The Hall–Kier alpha value is -4.17. The van der Waals surface area contributed by atoms with Gasteiger partial charge in [-0.25, -0.2) is 38.5 Å². The number of rotatable bonds is 16. The molecule has 3 saturated heterocycles. The maximum absolute atomic E-state index is 13.9. The van der Waals surface area contributed by atoms with Crippen molar-refractivity contribution in [3.05, 3.63) is 35.4 Å². The Balaban J connectivity index is 1.22. The van der Waals surface area contributed by atoms with Gasteiger partial charge in [-0.15, -0.1) is 0 Å².